The minimum absolute atomic E-state index is 0.00127. The van der Waals surface area contributed by atoms with Crippen molar-refractivity contribution in [1.29, 1.82) is 0 Å². The zero-order chi connectivity index (χ0) is 13.0. The zero-order valence-electron chi connectivity index (χ0n) is 10.4. The Kier molecular flexibility index (Phi) is 4.02. The summed E-state index contributed by atoms with van der Waals surface area (Å²) < 4.78 is 10.8. The van der Waals surface area contributed by atoms with Gasteiger partial charge in [0.2, 0.25) is 5.75 Å². The third kappa shape index (κ3) is 2.91. The highest BCUT2D eigenvalue weighted by molar-refractivity contribution is 5.50. The van der Waals surface area contributed by atoms with Gasteiger partial charge in [0.25, 0.3) is 0 Å². The van der Waals surface area contributed by atoms with Gasteiger partial charge in [-0.25, -0.2) is 0 Å². The van der Waals surface area contributed by atoms with E-state index in [9.17, 15) is 10.1 Å². The predicted octanol–water partition coefficient (Wildman–Crippen LogP) is 3.31. The van der Waals surface area contributed by atoms with E-state index in [1.165, 1.54) is 19.6 Å². The van der Waals surface area contributed by atoms with Crippen LogP contribution >= 0.6 is 0 Å². The topological polar surface area (TPSA) is 61.6 Å². The first-order valence-electron chi connectivity index (χ1n) is 6.20. The first-order chi connectivity index (χ1) is 8.70. The number of rotatable bonds is 4. The largest absolute Gasteiger partial charge is 0.497 e. The lowest BCUT2D eigenvalue weighted by molar-refractivity contribution is -0.386. The van der Waals surface area contributed by atoms with Crippen molar-refractivity contribution >= 4 is 5.69 Å². The number of nitrogens with zero attached hydrogens (tertiary/aromatic N) is 1. The van der Waals surface area contributed by atoms with Gasteiger partial charge in [0.1, 0.15) is 5.75 Å². The molecule has 1 aromatic rings. The van der Waals surface area contributed by atoms with Crippen molar-refractivity contribution in [2.24, 2.45) is 0 Å². The molecule has 0 amide bonds. The number of nitro benzene ring substituents is 1. The zero-order valence-corrected chi connectivity index (χ0v) is 10.4. The van der Waals surface area contributed by atoms with E-state index < -0.39 is 4.92 Å². The van der Waals surface area contributed by atoms with Crippen molar-refractivity contribution in [3.63, 3.8) is 0 Å². The summed E-state index contributed by atoms with van der Waals surface area (Å²) in [4.78, 5) is 10.5. The summed E-state index contributed by atoms with van der Waals surface area (Å²) in [5, 5.41) is 10.9. The van der Waals surface area contributed by atoms with Crippen LogP contribution in [0.2, 0.25) is 0 Å². The van der Waals surface area contributed by atoms with Gasteiger partial charge in [-0.15, -0.1) is 0 Å². The Morgan fingerprint density at radius 2 is 2.00 bits per heavy atom. The molecule has 18 heavy (non-hydrogen) atoms. The van der Waals surface area contributed by atoms with Gasteiger partial charge in [0, 0.05) is 12.1 Å². The Bertz CT molecular complexity index is 427. The lowest BCUT2D eigenvalue weighted by Crippen LogP contribution is -2.20. The molecule has 1 saturated carbocycles. The van der Waals surface area contributed by atoms with Crippen LogP contribution in [-0.4, -0.2) is 18.1 Å². The van der Waals surface area contributed by atoms with Crippen LogP contribution in [0.1, 0.15) is 32.1 Å². The van der Waals surface area contributed by atoms with Crippen LogP contribution < -0.4 is 9.47 Å². The molecule has 1 aliphatic rings. The van der Waals surface area contributed by atoms with Crippen molar-refractivity contribution in [1.82, 2.24) is 0 Å². The number of methoxy groups -OCH3 is 1. The van der Waals surface area contributed by atoms with Gasteiger partial charge in [-0.05, 0) is 31.7 Å². The van der Waals surface area contributed by atoms with Crippen LogP contribution in [0.5, 0.6) is 11.5 Å². The van der Waals surface area contributed by atoms with Crippen LogP contribution in [0.25, 0.3) is 0 Å². The van der Waals surface area contributed by atoms with Gasteiger partial charge < -0.3 is 9.47 Å². The molecule has 0 radical (unpaired) electrons. The molecular weight excluding hydrogens is 234 g/mol. The van der Waals surface area contributed by atoms with Crippen LogP contribution in [-0.2, 0) is 0 Å². The lowest BCUT2D eigenvalue weighted by Gasteiger charge is -2.22. The van der Waals surface area contributed by atoms with Crippen molar-refractivity contribution in [3.05, 3.63) is 28.3 Å². The van der Waals surface area contributed by atoms with Crippen molar-refractivity contribution in [3.8, 4) is 11.5 Å². The molecule has 0 unspecified atom stereocenters. The van der Waals surface area contributed by atoms with Crippen LogP contribution in [0.15, 0.2) is 18.2 Å². The molecule has 1 aromatic carbocycles. The molecule has 5 heteroatoms. The third-order valence-electron chi connectivity index (χ3n) is 3.21. The maximum Gasteiger partial charge on any atom is 0.311 e. The Balaban J connectivity index is 2.19. The lowest BCUT2D eigenvalue weighted by atomic mass is 9.98. The standard InChI is InChI=1S/C13H17NO4/c1-17-11-7-8-12(14(15)16)13(9-11)18-10-5-3-2-4-6-10/h7-10H,2-6H2,1H3. The molecule has 0 bridgehead atoms. The van der Waals surface area contributed by atoms with Crippen molar-refractivity contribution < 1.29 is 14.4 Å². The van der Waals surface area contributed by atoms with E-state index in [1.54, 1.807) is 12.1 Å². The van der Waals surface area contributed by atoms with Gasteiger partial charge in [-0.3, -0.25) is 10.1 Å². The van der Waals surface area contributed by atoms with Gasteiger partial charge in [0.05, 0.1) is 18.1 Å². The SMILES string of the molecule is COc1ccc([N+](=O)[O-])c(OC2CCCCC2)c1. The van der Waals surface area contributed by atoms with Gasteiger partial charge >= 0.3 is 5.69 Å². The van der Waals surface area contributed by atoms with Crippen LogP contribution in [0.4, 0.5) is 5.69 Å². The van der Waals surface area contributed by atoms with Crippen molar-refractivity contribution in [2.45, 2.75) is 38.2 Å². The Labute approximate surface area is 106 Å². The second-order valence-corrected chi connectivity index (χ2v) is 4.47. The molecule has 0 heterocycles. The fourth-order valence-corrected chi connectivity index (χ4v) is 2.23. The normalized spacial score (nSPS) is 16.3. The molecule has 5 nitrogen and oxygen atoms in total. The number of ether oxygens (including phenoxy) is 2. The second kappa shape index (κ2) is 5.71. The average molecular weight is 251 g/mol. The maximum absolute atomic E-state index is 10.9. The van der Waals surface area contributed by atoms with Gasteiger partial charge in [-0.1, -0.05) is 6.42 Å². The van der Waals surface area contributed by atoms with E-state index in [4.69, 9.17) is 9.47 Å². The summed E-state index contributed by atoms with van der Waals surface area (Å²) in [6, 6.07) is 4.59. The van der Waals surface area contributed by atoms with E-state index in [1.807, 2.05) is 0 Å². The highest BCUT2D eigenvalue weighted by atomic mass is 16.6. The van der Waals surface area contributed by atoms with E-state index in [-0.39, 0.29) is 11.8 Å². The molecular formula is C13H17NO4. The highest BCUT2D eigenvalue weighted by Crippen LogP contribution is 2.33. The summed E-state index contributed by atoms with van der Waals surface area (Å²) in [5.74, 6) is 0.887. The van der Waals surface area contributed by atoms with Crippen molar-refractivity contribution in [2.75, 3.05) is 7.11 Å². The first kappa shape index (κ1) is 12.7. The number of hydrogen-bond acceptors (Lipinski definition) is 4. The van der Waals surface area contributed by atoms with Gasteiger partial charge in [-0.2, -0.15) is 0 Å². The fourth-order valence-electron chi connectivity index (χ4n) is 2.23. The molecule has 1 fully saturated rings. The molecule has 0 aromatic heterocycles. The smallest absolute Gasteiger partial charge is 0.311 e. The monoisotopic (exact) mass is 251 g/mol. The fraction of sp³-hybridized carbons (Fsp3) is 0.538. The Morgan fingerprint density at radius 3 is 2.61 bits per heavy atom. The molecule has 2 rings (SSSR count). The quantitative estimate of drug-likeness (QED) is 0.608. The molecule has 98 valence electrons. The van der Waals surface area contributed by atoms with E-state index in [0.717, 1.165) is 25.7 Å². The summed E-state index contributed by atoms with van der Waals surface area (Å²) in [6.45, 7) is 0. The minimum Gasteiger partial charge on any atom is -0.497 e. The van der Waals surface area contributed by atoms with E-state index >= 15 is 0 Å². The van der Waals surface area contributed by atoms with Crippen LogP contribution in [0.3, 0.4) is 0 Å². The molecule has 0 saturated heterocycles. The predicted molar refractivity (Wildman–Crippen MR) is 67.1 cm³/mol. The van der Waals surface area contributed by atoms with E-state index in [2.05, 4.69) is 0 Å². The number of nitro groups is 1. The molecule has 0 N–H and O–H groups in total. The maximum atomic E-state index is 10.9. The Morgan fingerprint density at radius 1 is 1.28 bits per heavy atom. The second-order valence-electron chi connectivity index (χ2n) is 4.47. The molecule has 0 spiro atoms. The average Bonchev–Trinajstić information content (AvgIpc) is 2.39. The number of benzene rings is 1. The molecule has 1 aliphatic carbocycles. The number of hydrogen-bond donors (Lipinski definition) is 0. The Hall–Kier alpha value is -1.78. The summed E-state index contributed by atoms with van der Waals surface area (Å²) in [6.07, 6.45) is 5.50. The highest BCUT2D eigenvalue weighted by Gasteiger charge is 2.21. The summed E-state index contributed by atoms with van der Waals surface area (Å²) in [5.41, 5.74) is 0.00127. The molecule has 0 aliphatic heterocycles. The summed E-state index contributed by atoms with van der Waals surface area (Å²) >= 11 is 0. The van der Waals surface area contributed by atoms with Gasteiger partial charge in [0.15, 0.2) is 0 Å². The molecule has 0 atom stereocenters. The third-order valence-corrected chi connectivity index (χ3v) is 3.21. The van der Waals surface area contributed by atoms with E-state index in [0.29, 0.717) is 11.5 Å². The minimum atomic E-state index is -0.419. The summed E-state index contributed by atoms with van der Waals surface area (Å²) in [7, 11) is 1.53. The van der Waals surface area contributed by atoms with Crippen LogP contribution in [0, 0.1) is 10.1 Å². The first-order valence-corrected chi connectivity index (χ1v) is 6.20.